The molecule has 4 rings (SSSR count). The summed E-state index contributed by atoms with van der Waals surface area (Å²) >= 11 is 6.26. The van der Waals surface area contributed by atoms with Crippen LogP contribution in [0.2, 0.25) is 5.02 Å². The van der Waals surface area contributed by atoms with Crippen LogP contribution in [0.3, 0.4) is 0 Å². The number of nitrogens with one attached hydrogen (secondary N) is 1. The van der Waals surface area contributed by atoms with Crippen LogP contribution in [0.15, 0.2) is 42.5 Å². The van der Waals surface area contributed by atoms with Crippen molar-refractivity contribution in [3.8, 4) is 0 Å². The van der Waals surface area contributed by atoms with Crippen molar-refractivity contribution in [1.82, 2.24) is 10.2 Å². The van der Waals surface area contributed by atoms with Crippen LogP contribution in [-0.4, -0.2) is 42.1 Å². The molecular weight excluding hydrogens is 350 g/mol. The first kappa shape index (κ1) is 17.6. The van der Waals surface area contributed by atoms with Crippen LogP contribution < -0.4 is 10.8 Å². The smallest absolute Gasteiger partial charge is 0.423 e. The predicted molar refractivity (Wildman–Crippen MR) is 101 cm³/mol. The molecule has 1 saturated heterocycles. The van der Waals surface area contributed by atoms with E-state index in [0.29, 0.717) is 22.7 Å². The Morgan fingerprint density at radius 3 is 2.96 bits per heavy atom. The molecule has 7 heteroatoms. The quantitative estimate of drug-likeness (QED) is 0.802. The van der Waals surface area contributed by atoms with Crippen LogP contribution in [0.5, 0.6) is 0 Å². The van der Waals surface area contributed by atoms with Gasteiger partial charge in [-0.15, -0.1) is 0 Å². The van der Waals surface area contributed by atoms with E-state index in [-0.39, 0.29) is 11.9 Å². The molecule has 0 aliphatic carbocycles. The summed E-state index contributed by atoms with van der Waals surface area (Å²) in [7, 11) is -0.985. The number of fused-ring (bicyclic) bond motifs is 1. The van der Waals surface area contributed by atoms with Gasteiger partial charge in [-0.05, 0) is 35.1 Å². The minimum Gasteiger partial charge on any atom is -0.423 e. The first-order valence-electron chi connectivity index (χ1n) is 8.79. The van der Waals surface area contributed by atoms with Gasteiger partial charge in [0, 0.05) is 25.7 Å². The van der Waals surface area contributed by atoms with E-state index in [1.54, 1.807) is 12.1 Å². The monoisotopic (exact) mass is 370 g/mol. The van der Waals surface area contributed by atoms with E-state index in [9.17, 15) is 9.82 Å². The number of halogens is 1. The van der Waals surface area contributed by atoms with E-state index >= 15 is 0 Å². The van der Waals surface area contributed by atoms with Crippen molar-refractivity contribution in [3.63, 3.8) is 0 Å². The molecule has 1 unspecified atom stereocenters. The SMILES string of the molecule is O=C(NC1CCN(Cc2ccccc2)C1)c1cc2c(cc1Cl)COB2O. The van der Waals surface area contributed by atoms with Crippen molar-refractivity contribution in [2.45, 2.75) is 25.6 Å². The van der Waals surface area contributed by atoms with Gasteiger partial charge < -0.3 is 15.0 Å². The fraction of sp³-hybridized carbons (Fsp3) is 0.316. The Kier molecular flexibility index (Phi) is 5.00. The molecule has 2 aliphatic rings. The van der Waals surface area contributed by atoms with Gasteiger partial charge in [-0.25, -0.2) is 0 Å². The number of carbonyl (C=O) groups is 1. The molecule has 134 valence electrons. The Labute approximate surface area is 158 Å². The van der Waals surface area contributed by atoms with Gasteiger partial charge in [0.05, 0.1) is 17.2 Å². The third-order valence-corrected chi connectivity index (χ3v) is 5.31. The van der Waals surface area contributed by atoms with Crippen molar-refractivity contribution in [3.05, 3.63) is 64.2 Å². The average Bonchev–Trinajstić information content (AvgIpc) is 3.21. The minimum atomic E-state index is -0.985. The normalized spacial score (nSPS) is 19.6. The lowest BCUT2D eigenvalue weighted by atomic mass is 9.78. The first-order valence-corrected chi connectivity index (χ1v) is 9.17. The molecule has 2 aromatic carbocycles. The molecule has 2 N–H and O–H groups in total. The Morgan fingerprint density at radius 1 is 1.35 bits per heavy atom. The number of carbonyl (C=O) groups excluding carboxylic acids is 1. The van der Waals surface area contributed by atoms with Gasteiger partial charge in [-0.2, -0.15) is 0 Å². The highest BCUT2D eigenvalue weighted by Crippen LogP contribution is 2.21. The molecule has 0 radical (unpaired) electrons. The fourth-order valence-electron chi connectivity index (χ4n) is 3.62. The summed E-state index contributed by atoms with van der Waals surface area (Å²) in [6.45, 7) is 2.96. The van der Waals surface area contributed by atoms with Crippen LogP contribution in [-0.2, 0) is 17.8 Å². The van der Waals surface area contributed by atoms with Crippen LogP contribution in [0.25, 0.3) is 0 Å². The van der Waals surface area contributed by atoms with Crippen molar-refractivity contribution < 1.29 is 14.5 Å². The topological polar surface area (TPSA) is 61.8 Å². The molecule has 26 heavy (non-hydrogen) atoms. The lowest BCUT2D eigenvalue weighted by molar-refractivity contribution is 0.0938. The molecule has 1 fully saturated rings. The van der Waals surface area contributed by atoms with Gasteiger partial charge in [0.1, 0.15) is 0 Å². The van der Waals surface area contributed by atoms with Crippen molar-refractivity contribution in [2.75, 3.05) is 13.1 Å². The van der Waals surface area contributed by atoms with E-state index in [1.165, 1.54) is 5.56 Å². The average molecular weight is 371 g/mol. The maximum atomic E-state index is 12.7. The van der Waals surface area contributed by atoms with Crippen LogP contribution >= 0.6 is 11.6 Å². The van der Waals surface area contributed by atoms with Gasteiger partial charge >= 0.3 is 7.12 Å². The van der Waals surface area contributed by atoms with E-state index in [4.69, 9.17) is 16.3 Å². The van der Waals surface area contributed by atoms with E-state index < -0.39 is 7.12 Å². The third kappa shape index (κ3) is 3.64. The second-order valence-electron chi connectivity index (χ2n) is 6.87. The number of benzene rings is 2. The number of hydrogen-bond donors (Lipinski definition) is 2. The Hall–Kier alpha value is -1.86. The van der Waals surface area contributed by atoms with Gasteiger partial charge in [-0.1, -0.05) is 41.9 Å². The molecule has 0 saturated carbocycles. The number of hydrogen-bond acceptors (Lipinski definition) is 4. The van der Waals surface area contributed by atoms with Gasteiger partial charge in [0.25, 0.3) is 5.91 Å². The molecule has 0 aromatic heterocycles. The van der Waals surface area contributed by atoms with Crippen molar-refractivity contribution in [1.29, 1.82) is 0 Å². The molecule has 1 atom stereocenters. The van der Waals surface area contributed by atoms with Crippen molar-refractivity contribution >= 4 is 30.1 Å². The lowest BCUT2D eigenvalue weighted by Crippen LogP contribution is -2.38. The molecule has 1 amide bonds. The molecule has 0 spiro atoms. The summed E-state index contributed by atoms with van der Waals surface area (Å²) in [5, 5.41) is 13.3. The van der Waals surface area contributed by atoms with Crippen molar-refractivity contribution in [2.24, 2.45) is 0 Å². The zero-order valence-electron chi connectivity index (χ0n) is 14.3. The summed E-state index contributed by atoms with van der Waals surface area (Å²) in [6, 6.07) is 13.8. The zero-order valence-corrected chi connectivity index (χ0v) is 15.1. The second-order valence-corrected chi connectivity index (χ2v) is 7.28. The lowest BCUT2D eigenvalue weighted by Gasteiger charge is -2.17. The summed E-state index contributed by atoms with van der Waals surface area (Å²) < 4.78 is 5.18. The highest BCUT2D eigenvalue weighted by Gasteiger charge is 2.30. The molecule has 2 aliphatic heterocycles. The standard InChI is InChI=1S/C19H20BClN2O3/c21-18-8-14-12-26-20(25)17(14)9-16(18)19(24)22-15-6-7-23(11-15)10-13-4-2-1-3-5-13/h1-5,8-9,15,25H,6-7,10-12H2,(H,22,24). The summed E-state index contributed by atoms with van der Waals surface area (Å²) in [4.78, 5) is 15.0. The number of rotatable bonds is 4. The number of amides is 1. The van der Waals surface area contributed by atoms with E-state index in [1.807, 2.05) is 18.2 Å². The van der Waals surface area contributed by atoms with Crippen LogP contribution in [0.4, 0.5) is 0 Å². The Bertz CT molecular complexity index is 818. The van der Waals surface area contributed by atoms with Gasteiger partial charge in [-0.3, -0.25) is 9.69 Å². The Balaban J connectivity index is 1.39. The molecular formula is C19H20BClN2O3. The predicted octanol–water partition coefficient (Wildman–Crippen LogP) is 1.56. The maximum absolute atomic E-state index is 12.7. The van der Waals surface area contributed by atoms with Gasteiger partial charge in [0.15, 0.2) is 0 Å². The van der Waals surface area contributed by atoms with Gasteiger partial charge in [0.2, 0.25) is 0 Å². The number of nitrogens with zero attached hydrogens (tertiary/aromatic N) is 1. The fourth-order valence-corrected chi connectivity index (χ4v) is 3.89. The molecule has 5 nitrogen and oxygen atoms in total. The first-order chi connectivity index (χ1) is 12.6. The zero-order chi connectivity index (χ0) is 18.1. The summed E-state index contributed by atoms with van der Waals surface area (Å²) in [5.74, 6) is -0.205. The highest BCUT2D eigenvalue weighted by molar-refractivity contribution is 6.61. The second kappa shape index (κ2) is 7.41. The summed E-state index contributed by atoms with van der Waals surface area (Å²) in [6.07, 6.45) is 0.910. The number of likely N-dealkylation sites (tertiary alicyclic amines) is 1. The largest absolute Gasteiger partial charge is 0.491 e. The van der Waals surface area contributed by atoms with Crippen LogP contribution in [0.1, 0.15) is 27.9 Å². The van der Waals surface area contributed by atoms with E-state index in [2.05, 4.69) is 22.3 Å². The maximum Gasteiger partial charge on any atom is 0.491 e. The molecule has 0 bridgehead atoms. The minimum absolute atomic E-state index is 0.0942. The molecule has 2 aromatic rings. The van der Waals surface area contributed by atoms with E-state index in [0.717, 1.165) is 31.6 Å². The van der Waals surface area contributed by atoms with Crippen LogP contribution in [0, 0.1) is 0 Å². The molecule has 2 heterocycles. The highest BCUT2D eigenvalue weighted by atomic mass is 35.5. The third-order valence-electron chi connectivity index (χ3n) is 4.99. The summed E-state index contributed by atoms with van der Waals surface area (Å²) in [5.41, 5.74) is 3.11. The Morgan fingerprint density at radius 2 is 2.15 bits per heavy atom.